The van der Waals surface area contributed by atoms with Crippen molar-refractivity contribution in [1.82, 2.24) is 20.4 Å². The van der Waals surface area contributed by atoms with Crippen molar-refractivity contribution in [3.8, 4) is 0 Å². The maximum absolute atomic E-state index is 11.3. The molecule has 2 rings (SSSR count). The number of hydrogen-bond acceptors (Lipinski definition) is 4. The van der Waals surface area contributed by atoms with Crippen LogP contribution in [0.2, 0.25) is 0 Å². The summed E-state index contributed by atoms with van der Waals surface area (Å²) in [5.74, 6) is 0.789. The molecule has 1 aromatic rings. The van der Waals surface area contributed by atoms with Gasteiger partial charge in [-0.25, -0.2) is 0 Å². The molecule has 0 radical (unpaired) electrons. The molecule has 1 amide bonds. The first kappa shape index (κ1) is 25.1. The molecule has 0 aromatic heterocycles. The molecular weight excluding hydrogens is 388 g/mol. The quantitative estimate of drug-likeness (QED) is 0.269. The number of aliphatic imine (C=N–C) groups is 1. The van der Waals surface area contributed by atoms with Crippen LogP contribution in [0.3, 0.4) is 0 Å². The molecular formula is C24H42N6O. The van der Waals surface area contributed by atoms with Gasteiger partial charge in [-0.1, -0.05) is 44.2 Å². The number of carbonyl (C=O) groups excluding carboxylic acids is 1. The van der Waals surface area contributed by atoms with Crippen molar-refractivity contribution < 1.29 is 4.79 Å². The Hall–Kier alpha value is -2.12. The Kier molecular flexibility index (Phi) is 11.4. The summed E-state index contributed by atoms with van der Waals surface area (Å²) in [5, 5.41) is 6.97. The van der Waals surface area contributed by atoms with Crippen molar-refractivity contribution in [2.45, 2.75) is 45.6 Å². The van der Waals surface area contributed by atoms with Gasteiger partial charge >= 0.3 is 0 Å². The van der Waals surface area contributed by atoms with Crippen LogP contribution in [0.5, 0.6) is 0 Å². The van der Waals surface area contributed by atoms with Crippen LogP contribution in [-0.4, -0.2) is 74.5 Å². The number of nitrogens with two attached hydrogens (primary N) is 1. The Labute approximate surface area is 188 Å². The van der Waals surface area contributed by atoms with Crippen LogP contribution >= 0.6 is 0 Å². The van der Waals surface area contributed by atoms with E-state index in [1.807, 2.05) is 7.05 Å². The number of nitrogens with one attached hydrogen (secondary N) is 2. The first-order valence-electron chi connectivity index (χ1n) is 11.8. The number of amides is 1. The zero-order valence-electron chi connectivity index (χ0n) is 19.6. The van der Waals surface area contributed by atoms with Crippen molar-refractivity contribution in [3.63, 3.8) is 0 Å². The van der Waals surface area contributed by atoms with E-state index >= 15 is 0 Å². The van der Waals surface area contributed by atoms with E-state index in [-0.39, 0.29) is 11.8 Å². The van der Waals surface area contributed by atoms with Gasteiger partial charge in [-0.2, -0.15) is 0 Å². The maximum Gasteiger partial charge on any atom is 0.220 e. The van der Waals surface area contributed by atoms with Crippen LogP contribution in [0.25, 0.3) is 0 Å². The minimum absolute atomic E-state index is 0.0726. The van der Waals surface area contributed by atoms with Crippen LogP contribution in [0.4, 0.5) is 0 Å². The minimum atomic E-state index is -0.141. The van der Waals surface area contributed by atoms with Crippen molar-refractivity contribution in [3.05, 3.63) is 35.9 Å². The fraction of sp³-hybridized carbons (Fsp3) is 0.667. The first-order chi connectivity index (χ1) is 15.1. The fourth-order valence-electron chi connectivity index (χ4n) is 4.32. The standard InChI is InChI=1S/C24H42N6O/c1-4-30(5-2)22(20-11-7-6-8-12-20)19-28-24(26-3)27-15-9-10-16-29-17-13-21(14-18-29)23(25)31/h6-8,11-12,21-22H,4-5,9-10,13-19H2,1-3H3,(H2,25,31)(H2,26,27,28). The maximum atomic E-state index is 11.3. The number of likely N-dealkylation sites (tertiary alicyclic amines) is 1. The Bertz CT molecular complexity index is 653. The smallest absolute Gasteiger partial charge is 0.220 e. The summed E-state index contributed by atoms with van der Waals surface area (Å²) in [7, 11) is 1.83. The number of likely N-dealkylation sites (N-methyl/N-ethyl adjacent to an activating group) is 1. The summed E-state index contributed by atoms with van der Waals surface area (Å²) in [6.07, 6.45) is 4.03. The summed E-state index contributed by atoms with van der Waals surface area (Å²) < 4.78 is 0. The van der Waals surface area contributed by atoms with Gasteiger partial charge in [-0.05, 0) is 64.0 Å². The highest BCUT2D eigenvalue weighted by molar-refractivity contribution is 5.79. The van der Waals surface area contributed by atoms with Gasteiger partial charge < -0.3 is 21.3 Å². The van der Waals surface area contributed by atoms with E-state index in [9.17, 15) is 4.79 Å². The molecule has 1 aliphatic rings. The molecule has 0 bridgehead atoms. The van der Waals surface area contributed by atoms with Crippen LogP contribution in [-0.2, 0) is 4.79 Å². The average molecular weight is 431 g/mol. The van der Waals surface area contributed by atoms with Crippen molar-refractivity contribution >= 4 is 11.9 Å². The van der Waals surface area contributed by atoms with Crippen molar-refractivity contribution in [2.24, 2.45) is 16.6 Å². The van der Waals surface area contributed by atoms with Crippen molar-refractivity contribution in [1.29, 1.82) is 0 Å². The number of guanidine groups is 1. The van der Waals surface area contributed by atoms with Gasteiger partial charge in [0.2, 0.25) is 5.91 Å². The normalized spacial score (nSPS) is 17.0. The number of hydrogen-bond donors (Lipinski definition) is 3. The van der Waals surface area contributed by atoms with Gasteiger partial charge in [0, 0.05) is 26.1 Å². The average Bonchev–Trinajstić information content (AvgIpc) is 2.81. The lowest BCUT2D eigenvalue weighted by Crippen LogP contribution is -2.43. The second-order valence-corrected chi connectivity index (χ2v) is 8.25. The highest BCUT2D eigenvalue weighted by Crippen LogP contribution is 2.19. The summed E-state index contributed by atoms with van der Waals surface area (Å²) in [5.41, 5.74) is 6.74. The van der Waals surface area contributed by atoms with Gasteiger partial charge in [-0.3, -0.25) is 14.7 Å². The van der Waals surface area contributed by atoms with Crippen LogP contribution in [0.1, 0.15) is 51.1 Å². The van der Waals surface area contributed by atoms with Gasteiger partial charge in [0.05, 0.1) is 6.04 Å². The summed E-state index contributed by atoms with van der Waals surface area (Å²) in [6.45, 7) is 11.2. The highest BCUT2D eigenvalue weighted by atomic mass is 16.1. The van der Waals surface area contributed by atoms with E-state index < -0.39 is 0 Å². The zero-order chi connectivity index (χ0) is 22.5. The SMILES string of the molecule is CCN(CC)C(CNC(=NC)NCCCCN1CCC(C(N)=O)CC1)c1ccccc1. The molecule has 1 unspecified atom stereocenters. The van der Waals surface area contributed by atoms with Gasteiger partial charge in [0.15, 0.2) is 5.96 Å². The largest absolute Gasteiger partial charge is 0.369 e. The Morgan fingerprint density at radius 3 is 2.42 bits per heavy atom. The third-order valence-corrected chi connectivity index (χ3v) is 6.31. The van der Waals surface area contributed by atoms with E-state index in [4.69, 9.17) is 5.73 Å². The van der Waals surface area contributed by atoms with Crippen LogP contribution < -0.4 is 16.4 Å². The summed E-state index contributed by atoms with van der Waals surface area (Å²) >= 11 is 0. The molecule has 174 valence electrons. The molecule has 0 aliphatic carbocycles. The zero-order valence-corrected chi connectivity index (χ0v) is 19.6. The fourth-order valence-corrected chi connectivity index (χ4v) is 4.32. The van der Waals surface area contributed by atoms with Gasteiger partial charge in [-0.15, -0.1) is 0 Å². The molecule has 1 heterocycles. The molecule has 1 fully saturated rings. The number of piperidine rings is 1. The van der Waals surface area contributed by atoms with Gasteiger partial charge in [0.1, 0.15) is 0 Å². The lowest BCUT2D eigenvalue weighted by molar-refractivity contribution is -0.123. The molecule has 1 aliphatic heterocycles. The van der Waals surface area contributed by atoms with E-state index in [1.54, 1.807) is 0 Å². The molecule has 0 saturated carbocycles. The van der Waals surface area contributed by atoms with E-state index in [2.05, 4.69) is 69.6 Å². The Morgan fingerprint density at radius 2 is 1.84 bits per heavy atom. The number of unbranched alkanes of at least 4 members (excludes halogenated alkanes) is 1. The van der Waals surface area contributed by atoms with Crippen LogP contribution in [0, 0.1) is 5.92 Å². The van der Waals surface area contributed by atoms with E-state index in [1.165, 1.54) is 5.56 Å². The van der Waals surface area contributed by atoms with E-state index in [0.717, 1.165) is 77.5 Å². The third kappa shape index (κ3) is 8.50. The second kappa shape index (κ2) is 14.0. The summed E-state index contributed by atoms with van der Waals surface area (Å²) in [4.78, 5) is 20.6. The van der Waals surface area contributed by atoms with Gasteiger partial charge in [0.25, 0.3) is 0 Å². The summed E-state index contributed by atoms with van der Waals surface area (Å²) in [6, 6.07) is 11.0. The molecule has 1 saturated heterocycles. The first-order valence-corrected chi connectivity index (χ1v) is 11.8. The number of benzene rings is 1. The van der Waals surface area contributed by atoms with Crippen molar-refractivity contribution in [2.75, 3.05) is 52.9 Å². The monoisotopic (exact) mass is 430 g/mol. The molecule has 7 heteroatoms. The molecule has 1 atom stereocenters. The Balaban J connectivity index is 1.70. The molecule has 0 spiro atoms. The Morgan fingerprint density at radius 1 is 1.16 bits per heavy atom. The number of carbonyl (C=O) groups is 1. The van der Waals surface area contributed by atoms with E-state index in [0.29, 0.717) is 6.04 Å². The molecule has 7 nitrogen and oxygen atoms in total. The van der Waals surface area contributed by atoms with Crippen LogP contribution in [0.15, 0.2) is 35.3 Å². The molecule has 4 N–H and O–H groups in total. The topological polar surface area (TPSA) is 86.0 Å². The molecule has 31 heavy (non-hydrogen) atoms. The predicted molar refractivity (Wildman–Crippen MR) is 129 cm³/mol. The number of nitrogens with zero attached hydrogens (tertiary/aromatic N) is 3. The second-order valence-electron chi connectivity index (χ2n) is 8.25. The number of primary amides is 1. The minimum Gasteiger partial charge on any atom is -0.369 e. The lowest BCUT2D eigenvalue weighted by atomic mass is 9.96. The lowest BCUT2D eigenvalue weighted by Gasteiger charge is -2.31. The highest BCUT2D eigenvalue weighted by Gasteiger charge is 2.22. The third-order valence-electron chi connectivity index (χ3n) is 6.31. The molecule has 1 aromatic carbocycles. The predicted octanol–water partition coefficient (Wildman–Crippen LogP) is 2.21. The number of rotatable bonds is 12.